The van der Waals surface area contributed by atoms with Crippen LogP contribution in [0, 0.1) is 11.3 Å². The Morgan fingerprint density at radius 1 is 0.958 bits per heavy atom. The second-order valence-corrected chi connectivity index (χ2v) is 10.4. The van der Waals surface area contributed by atoms with Gasteiger partial charge in [0.05, 0.1) is 0 Å². The van der Waals surface area contributed by atoms with Crippen molar-refractivity contribution < 1.29 is 9.53 Å². The van der Waals surface area contributed by atoms with E-state index in [1.807, 2.05) is 12.1 Å². The Bertz CT molecular complexity index is 611. The minimum absolute atomic E-state index is 0.213. The van der Waals surface area contributed by atoms with Crippen molar-refractivity contribution in [1.82, 2.24) is 0 Å². The Hall–Kier alpha value is -1.42. The molecule has 3 heteroatoms. The van der Waals surface area contributed by atoms with Crippen LogP contribution in [0.5, 0.6) is 0 Å². The number of hydrogen-bond acceptors (Lipinski definition) is 2. The van der Waals surface area contributed by atoms with Crippen molar-refractivity contribution in [2.24, 2.45) is 11.3 Å². The van der Waals surface area contributed by atoms with Crippen molar-refractivity contribution in [3.8, 4) is 0 Å². The molecule has 0 aromatic heterocycles. The highest BCUT2D eigenvalue weighted by atomic mass is 28.3. The molecule has 1 saturated carbocycles. The van der Waals surface area contributed by atoms with Gasteiger partial charge in [-0.3, -0.25) is 0 Å². The van der Waals surface area contributed by atoms with Crippen LogP contribution < -0.4 is 10.4 Å². The maximum atomic E-state index is 11.1. The van der Waals surface area contributed by atoms with E-state index in [1.54, 1.807) is 0 Å². The average molecular weight is 341 g/mol. The third kappa shape index (κ3) is 3.97. The Balaban J connectivity index is 1.86. The van der Waals surface area contributed by atoms with Gasteiger partial charge in [0.25, 0.3) is 0 Å². The van der Waals surface area contributed by atoms with Crippen molar-refractivity contribution in [2.75, 3.05) is 0 Å². The van der Waals surface area contributed by atoms with Crippen molar-refractivity contribution in [2.45, 2.75) is 45.8 Å². The molecule has 0 saturated heterocycles. The lowest BCUT2D eigenvalue weighted by Gasteiger charge is -2.32. The molecule has 0 bridgehead atoms. The molecule has 0 heterocycles. The molecule has 2 aromatic rings. The summed E-state index contributed by atoms with van der Waals surface area (Å²) in [7, 11) is -1.90. The topological polar surface area (TPSA) is 29.5 Å². The van der Waals surface area contributed by atoms with Crippen LogP contribution in [0.15, 0.2) is 60.7 Å². The molecule has 0 radical (unpaired) electrons. The summed E-state index contributed by atoms with van der Waals surface area (Å²) in [4.78, 5) is 0. The standard InChI is InChI=1S/C21H28O2Si/c1-20(2,3)17-14-15-21(22,16-17)23-24(18-10-6-4-7-11-18)19-12-8-5-9-13-19/h4-13,17,22,24H,14-16H2,1-3H3. The Labute approximate surface area is 147 Å². The van der Waals surface area contributed by atoms with Gasteiger partial charge >= 0.3 is 0 Å². The van der Waals surface area contributed by atoms with Crippen molar-refractivity contribution in [3.05, 3.63) is 60.7 Å². The van der Waals surface area contributed by atoms with Crippen LogP contribution in [0.2, 0.25) is 0 Å². The van der Waals surface area contributed by atoms with E-state index in [0.29, 0.717) is 5.92 Å². The first kappa shape index (κ1) is 17.4. The fourth-order valence-corrected chi connectivity index (χ4v) is 6.09. The van der Waals surface area contributed by atoms with Crippen LogP contribution in [0.25, 0.3) is 0 Å². The highest BCUT2D eigenvalue weighted by Gasteiger charge is 2.44. The molecule has 128 valence electrons. The number of benzene rings is 2. The average Bonchev–Trinajstić information content (AvgIpc) is 2.97. The highest BCUT2D eigenvalue weighted by Crippen LogP contribution is 2.44. The summed E-state index contributed by atoms with van der Waals surface area (Å²) >= 11 is 0. The summed E-state index contributed by atoms with van der Waals surface area (Å²) in [5.41, 5.74) is 0.213. The fourth-order valence-electron chi connectivity index (χ4n) is 3.64. The lowest BCUT2D eigenvalue weighted by Crippen LogP contribution is -2.51. The van der Waals surface area contributed by atoms with Gasteiger partial charge in [0.15, 0.2) is 5.79 Å². The smallest absolute Gasteiger partial charge is 0.243 e. The van der Waals surface area contributed by atoms with Crippen molar-refractivity contribution >= 4 is 19.4 Å². The molecule has 0 amide bonds. The number of rotatable bonds is 4. The largest absolute Gasteiger partial charge is 0.384 e. The summed E-state index contributed by atoms with van der Waals surface area (Å²) in [6.07, 6.45) is 2.50. The van der Waals surface area contributed by atoms with Crippen LogP contribution in [0.3, 0.4) is 0 Å². The van der Waals surface area contributed by atoms with Gasteiger partial charge in [0.2, 0.25) is 9.04 Å². The van der Waals surface area contributed by atoms with Crippen molar-refractivity contribution in [3.63, 3.8) is 0 Å². The first-order valence-corrected chi connectivity index (χ1v) is 10.5. The van der Waals surface area contributed by atoms with E-state index in [0.717, 1.165) is 19.3 Å². The number of hydrogen-bond donors (Lipinski definition) is 1. The molecule has 0 spiro atoms. The van der Waals surface area contributed by atoms with E-state index in [4.69, 9.17) is 4.43 Å². The molecule has 3 rings (SSSR count). The molecule has 0 aliphatic heterocycles. The second kappa shape index (κ2) is 6.83. The van der Waals surface area contributed by atoms with Gasteiger partial charge < -0.3 is 9.53 Å². The highest BCUT2D eigenvalue weighted by molar-refractivity contribution is 6.80. The zero-order valence-corrected chi connectivity index (χ0v) is 16.1. The van der Waals surface area contributed by atoms with E-state index in [9.17, 15) is 5.11 Å². The third-order valence-corrected chi connectivity index (χ3v) is 7.87. The van der Waals surface area contributed by atoms with E-state index in [2.05, 4.69) is 69.3 Å². The van der Waals surface area contributed by atoms with Gasteiger partial charge in [-0.05, 0) is 28.1 Å². The van der Waals surface area contributed by atoms with E-state index >= 15 is 0 Å². The van der Waals surface area contributed by atoms with Gasteiger partial charge in [0, 0.05) is 12.8 Å². The van der Waals surface area contributed by atoms with Crippen LogP contribution in [-0.2, 0) is 4.43 Å². The SMILES string of the molecule is CC(C)(C)C1CCC(O)(O[SiH](c2ccccc2)c2ccccc2)C1. The predicted molar refractivity (Wildman–Crippen MR) is 102 cm³/mol. The maximum absolute atomic E-state index is 11.1. The summed E-state index contributed by atoms with van der Waals surface area (Å²) < 4.78 is 6.49. The Morgan fingerprint density at radius 2 is 1.46 bits per heavy atom. The molecule has 1 aliphatic carbocycles. The predicted octanol–water partition coefficient (Wildman–Crippen LogP) is 3.08. The quantitative estimate of drug-likeness (QED) is 0.685. The summed E-state index contributed by atoms with van der Waals surface area (Å²) in [6, 6.07) is 20.8. The molecule has 2 atom stereocenters. The van der Waals surface area contributed by atoms with Crippen LogP contribution in [0.4, 0.5) is 0 Å². The lowest BCUT2D eigenvalue weighted by atomic mass is 9.79. The summed E-state index contributed by atoms with van der Waals surface area (Å²) in [6.45, 7) is 6.77. The van der Waals surface area contributed by atoms with Gasteiger partial charge in [-0.15, -0.1) is 0 Å². The van der Waals surface area contributed by atoms with E-state index in [-0.39, 0.29) is 5.41 Å². The molecular formula is C21H28O2Si. The molecule has 24 heavy (non-hydrogen) atoms. The molecule has 2 nitrogen and oxygen atoms in total. The Kier molecular flexibility index (Phi) is 4.95. The van der Waals surface area contributed by atoms with E-state index in [1.165, 1.54) is 10.4 Å². The molecule has 2 aromatic carbocycles. The lowest BCUT2D eigenvalue weighted by molar-refractivity contribution is -0.136. The normalized spacial score (nSPS) is 24.5. The zero-order valence-electron chi connectivity index (χ0n) is 14.9. The molecule has 2 unspecified atom stereocenters. The van der Waals surface area contributed by atoms with Crippen molar-refractivity contribution in [1.29, 1.82) is 0 Å². The van der Waals surface area contributed by atoms with E-state index < -0.39 is 14.8 Å². The van der Waals surface area contributed by atoms with Gasteiger partial charge in [-0.1, -0.05) is 81.4 Å². The monoisotopic (exact) mass is 340 g/mol. The first-order chi connectivity index (χ1) is 11.4. The van der Waals surface area contributed by atoms with Gasteiger partial charge in [-0.25, -0.2) is 0 Å². The number of aliphatic hydroxyl groups is 1. The maximum Gasteiger partial charge on any atom is 0.243 e. The molecule has 1 fully saturated rings. The van der Waals surface area contributed by atoms with Crippen LogP contribution >= 0.6 is 0 Å². The zero-order chi connectivity index (χ0) is 17.2. The molecule has 1 aliphatic rings. The van der Waals surface area contributed by atoms with Crippen LogP contribution in [-0.4, -0.2) is 19.9 Å². The Morgan fingerprint density at radius 3 is 1.88 bits per heavy atom. The fraction of sp³-hybridized carbons (Fsp3) is 0.429. The van der Waals surface area contributed by atoms with Gasteiger partial charge in [0.1, 0.15) is 0 Å². The minimum atomic E-state index is -1.90. The first-order valence-electron chi connectivity index (χ1n) is 8.87. The van der Waals surface area contributed by atoms with Gasteiger partial charge in [-0.2, -0.15) is 0 Å². The minimum Gasteiger partial charge on any atom is -0.384 e. The summed E-state index contributed by atoms with van der Waals surface area (Å²) in [5, 5.41) is 13.6. The summed E-state index contributed by atoms with van der Waals surface area (Å²) in [5.74, 6) is -0.482. The molecule has 1 N–H and O–H groups in total. The second-order valence-electron chi connectivity index (χ2n) is 8.07. The van der Waals surface area contributed by atoms with Crippen LogP contribution in [0.1, 0.15) is 40.0 Å². The molecular weight excluding hydrogens is 312 g/mol. The third-order valence-electron chi connectivity index (χ3n) is 5.22.